The van der Waals surface area contributed by atoms with Crippen LogP contribution in [-0.4, -0.2) is 36.3 Å². The highest BCUT2D eigenvalue weighted by Crippen LogP contribution is 2.23. The Kier molecular flexibility index (Phi) is 4.71. The van der Waals surface area contributed by atoms with E-state index in [0.29, 0.717) is 18.7 Å². The van der Waals surface area contributed by atoms with Crippen molar-refractivity contribution in [2.45, 2.75) is 13.0 Å². The van der Waals surface area contributed by atoms with E-state index in [1.54, 1.807) is 36.4 Å². The predicted molar refractivity (Wildman–Crippen MR) is 87.2 cm³/mol. The molecule has 5 heteroatoms. The van der Waals surface area contributed by atoms with Crippen LogP contribution in [0.5, 0.6) is 0 Å². The Hall–Kier alpha value is -2.53. The zero-order valence-electron chi connectivity index (χ0n) is 13.4. The third-order valence-corrected chi connectivity index (χ3v) is 4.10. The van der Waals surface area contributed by atoms with Crippen LogP contribution in [0.3, 0.4) is 0 Å². The highest BCUT2D eigenvalue weighted by molar-refractivity contribution is 6.42. The molecular weight excluding hydrogens is 309 g/mol. The number of Topliss-reactive ketones (excluding diaryl/α,β-unsaturated/α-hetero) is 1. The van der Waals surface area contributed by atoms with Gasteiger partial charge in [0.25, 0.3) is 5.91 Å². The van der Waals surface area contributed by atoms with E-state index in [1.807, 2.05) is 6.92 Å². The lowest BCUT2D eigenvalue weighted by atomic mass is 10.1. The molecule has 2 aromatic carbocycles. The summed E-state index contributed by atoms with van der Waals surface area (Å²) in [6.45, 7) is 2.91. The molecule has 0 spiro atoms. The van der Waals surface area contributed by atoms with E-state index >= 15 is 0 Å². The van der Waals surface area contributed by atoms with Crippen LogP contribution < -0.4 is 0 Å². The van der Waals surface area contributed by atoms with Crippen molar-refractivity contribution in [3.8, 4) is 0 Å². The van der Waals surface area contributed by atoms with Crippen LogP contribution in [-0.2, 0) is 9.53 Å². The molecule has 4 nitrogen and oxygen atoms in total. The highest BCUT2D eigenvalue weighted by Gasteiger charge is 2.29. The van der Waals surface area contributed by atoms with Gasteiger partial charge in [0, 0.05) is 12.1 Å². The summed E-state index contributed by atoms with van der Waals surface area (Å²) >= 11 is 0. The van der Waals surface area contributed by atoms with Crippen LogP contribution in [0.25, 0.3) is 0 Å². The van der Waals surface area contributed by atoms with Gasteiger partial charge in [0.2, 0.25) is 5.78 Å². The number of carbonyl (C=O) groups excluding carboxylic acids is 2. The molecule has 24 heavy (non-hydrogen) atoms. The lowest BCUT2D eigenvalue weighted by molar-refractivity contribution is -0.134. The number of carbonyl (C=O) groups is 2. The van der Waals surface area contributed by atoms with Gasteiger partial charge in [0.1, 0.15) is 11.9 Å². The molecule has 1 heterocycles. The van der Waals surface area contributed by atoms with Crippen molar-refractivity contribution in [3.63, 3.8) is 0 Å². The molecular formula is C19H18FNO3. The molecule has 124 valence electrons. The zero-order valence-corrected chi connectivity index (χ0v) is 13.4. The van der Waals surface area contributed by atoms with E-state index in [-0.39, 0.29) is 18.5 Å². The number of ether oxygens (including phenoxy) is 1. The molecule has 1 amide bonds. The Bertz CT molecular complexity index is 740. The van der Waals surface area contributed by atoms with Crippen LogP contribution >= 0.6 is 0 Å². The van der Waals surface area contributed by atoms with Gasteiger partial charge in [0.15, 0.2) is 0 Å². The minimum atomic E-state index is -0.533. The third-order valence-electron chi connectivity index (χ3n) is 4.10. The second-order valence-corrected chi connectivity index (χ2v) is 5.86. The summed E-state index contributed by atoms with van der Waals surface area (Å²) in [4.78, 5) is 26.3. The molecule has 0 aromatic heterocycles. The molecule has 2 aromatic rings. The first-order chi connectivity index (χ1) is 11.5. The minimum absolute atomic E-state index is 0.280. The van der Waals surface area contributed by atoms with E-state index in [0.717, 1.165) is 11.1 Å². The number of hydrogen-bond acceptors (Lipinski definition) is 3. The summed E-state index contributed by atoms with van der Waals surface area (Å²) in [6.07, 6.45) is -0.353. The highest BCUT2D eigenvalue weighted by atomic mass is 19.1. The molecule has 1 aliphatic heterocycles. The summed E-state index contributed by atoms with van der Waals surface area (Å²) < 4.78 is 18.7. The summed E-state index contributed by atoms with van der Waals surface area (Å²) in [6, 6.07) is 12.9. The molecule has 1 aliphatic rings. The number of aryl methyl sites for hydroxylation is 1. The Morgan fingerprint density at radius 1 is 1.08 bits per heavy atom. The lowest BCUT2D eigenvalue weighted by Crippen LogP contribution is -2.45. The van der Waals surface area contributed by atoms with Gasteiger partial charge < -0.3 is 9.64 Å². The maximum absolute atomic E-state index is 13.0. The third kappa shape index (κ3) is 3.51. The number of nitrogens with zero attached hydrogens (tertiary/aromatic N) is 1. The predicted octanol–water partition coefficient (Wildman–Crippen LogP) is 2.92. The first kappa shape index (κ1) is 16.3. The summed E-state index contributed by atoms with van der Waals surface area (Å²) in [5, 5.41) is 0. The Morgan fingerprint density at radius 2 is 1.75 bits per heavy atom. The molecule has 0 radical (unpaired) electrons. The quantitative estimate of drug-likeness (QED) is 0.643. The van der Waals surface area contributed by atoms with Crippen molar-refractivity contribution in [2.75, 3.05) is 19.7 Å². The number of ketones is 1. The first-order valence-electron chi connectivity index (χ1n) is 7.82. The number of amides is 1. The van der Waals surface area contributed by atoms with Gasteiger partial charge in [-0.3, -0.25) is 9.59 Å². The van der Waals surface area contributed by atoms with Gasteiger partial charge in [-0.15, -0.1) is 0 Å². The van der Waals surface area contributed by atoms with E-state index in [9.17, 15) is 14.0 Å². The molecule has 0 saturated carbocycles. The van der Waals surface area contributed by atoms with E-state index in [2.05, 4.69) is 0 Å². The van der Waals surface area contributed by atoms with Gasteiger partial charge in [-0.1, -0.05) is 42.0 Å². The normalized spacial score (nSPS) is 17.6. The van der Waals surface area contributed by atoms with E-state index < -0.39 is 11.7 Å². The van der Waals surface area contributed by atoms with Crippen molar-refractivity contribution in [3.05, 3.63) is 71.0 Å². The number of rotatable bonds is 3. The van der Waals surface area contributed by atoms with Crippen molar-refractivity contribution in [2.24, 2.45) is 0 Å². The van der Waals surface area contributed by atoms with Crippen molar-refractivity contribution in [1.29, 1.82) is 0 Å². The topological polar surface area (TPSA) is 46.6 Å². The fraction of sp³-hybridized carbons (Fsp3) is 0.263. The molecule has 0 aliphatic carbocycles. The zero-order chi connectivity index (χ0) is 17.1. The summed E-state index contributed by atoms with van der Waals surface area (Å²) in [5.74, 6) is -1.37. The second-order valence-electron chi connectivity index (χ2n) is 5.86. The minimum Gasteiger partial charge on any atom is -0.370 e. The standard InChI is InChI=1S/C19H18FNO3/c1-13-2-4-15(5-3-13)18(22)19(23)21-10-11-24-17(12-21)14-6-8-16(20)9-7-14/h2-9,17H,10-12H2,1H3. The summed E-state index contributed by atoms with van der Waals surface area (Å²) in [5.41, 5.74) is 2.20. The molecule has 1 atom stereocenters. The molecule has 1 unspecified atom stereocenters. The molecule has 0 bridgehead atoms. The number of hydrogen-bond donors (Lipinski definition) is 0. The average molecular weight is 327 g/mol. The largest absolute Gasteiger partial charge is 0.370 e. The van der Waals surface area contributed by atoms with Gasteiger partial charge in [-0.05, 0) is 24.6 Å². The maximum Gasteiger partial charge on any atom is 0.295 e. The fourth-order valence-corrected chi connectivity index (χ4v) is 2.68. The molecule has 3 rings (SSSR count). The number of benzene rings is 2. The Balaban J connectivity index is 1.71. The Morgan fingerprint density at radius 3 is 2.42 bits per heavy atom. The van der Waals surface area contributed by atoms with Crippen molar-refractivity contribution in [1.82, 2.24) is 4.90 Å². The smallest absolute Gasteiger partial charge is 0.295 e. The van der Waals surface area contributed by atoms with Crippen molar-refractivity contribution < 1.29 is 18.7 Å². The van der Waals surface area contributed by atoms with Gasteiger partial charge in [-0.2, -0.15) is 0 Å². The van der Waals surface area contributed by atoms with Gasteiger partial charge >= 0.3 is 0 Å². The average Bonchev–Trinajstić information content (AvgIpc) is 2.62. The fourth-order valence-electron chi connectivity index (χ4n) is 2.68. The lowest BCUT2D eigenvalue weighted by Gasteiger charge is -2.32. The first-order valence-corrected chi connectivity index (χ1v) is 7.82. The maximum atomic E-state index is 13.0. The second kappa shape index (κ2) is 6.93. The molecule has 1 saturated heterocycles. The Labute approximate surface area is 139 Å². The van der Waals surface area contributed by atoms with Gasteiger partial charge in [0.05, 0.1) is 13.2 Å². The molecule has 1 fully saturated rings. The summed E-state index contributed by atoms with van der Waals surface area (Å²) in [7, 11) is 0. The van der Waals surface area contributed by atoms with Crippen LogP contribution in [0.2, 0.25) is 0 Å². The van der Waals surface area contributed by atoms with Gasteiger partial charge in [-0.25, -0.2) is 4.39 Å². The van der Waals surface area contributed by atoms with E-state index in [4.69, 9.17) is 4.74 Å². The molecule has 0 N–H and O–H groups in total. The monoisotopic (exact) mass is 327 g/mol. The van der Waals surface area contributed by atoms with Crippen LogP contribution in [0, 0.1) is 12.7 Å². The van der Waals surface area contributed by atoms with E-state index in [1.165, 1.54) is 17.0 Å². The van der Waals surface area contributed by atoms with Crippen LogP contribution in [0.4, 0.5) is 4.39 Å². The van der Waals surface area contributed by atoms with Crippen LogP contribution in [0.1, 0.15) is 27.6 Å². The van der Waals surface area contributed by atoms with Crippen LogP contribution in [0.15, 0.2) is 48.5 Å². The SMILES string of the molecule is Cc1ccc(C(=O)C(=O)N2CCOC(c3ccc(F)cc3)C2)cc1. The number of morpholine rings is 1. The van der Waals surface area contributed by atoms with Crippen molar-refractivity contribution >= 4 is 11.7 Å². The number of halogens is 1.